The number of ether oxygens (including phenoxy) is 2. The maximum Gasteiger partial charge on any atom is 0.343 e. The number of esters is 1. The smallest absolute Gasteiger partial charge is 0.343 e. The largest absolute Gasteiger partial charge is 0.481 e. The third-order valence-electron chi connectivity index (χ3n) is 3.84. The Morgan fingerprint density at radius 3 is 2.50 bits per heavy atom. The highest BCUT2D eigenvalue weighted by molar-refractivity contribution is 5.92. The molecule has 1 unspecified atom stereocenters. The Labute approximate surface area is 152 Å². The number of rotatable bonds is 9. The number of carbonyl (C=O) groups excluding carboxylic acids is 1. The zero-order valence-electron chi connectivity index (χ0n) is 14.8. The van der Waals surface area contributed by atoms with Crippen molar-refractivity contribution in [1.29, 1.82) is 0 Å². The lowest BCUT2D eigenvalue weighted by molar-refractivity contribution is -0.137. The average molecular weight is 358 g/mol. The number of carboxylic acid groups (broad SMARTS) is 1. The Morgan fingerprint density at radius 1 is 1.15 bits per heavy atom. The standard InChI is InChI=1S/C19H22N2O5/c1-25-18-15(19(24)26-2)9-10-16(21-18)20-14(8-11-17(22)23)12-13-6-4-3-5-7-13/h3-7,9-10,14H,8,11-12H2,1-2H3,(H,20,21)(H,22,23). The first-order chi connectivity index (χ1) is 12.5. The van der Waals surface area contributed by atoms with E-state index in [1.807, 2.05) is 30.3 Å². The number of pyridine rings is 1. The van der Waals surface area contributed by atoms with Crippen LogP contribution < -0.4 is 10.1 Å². The Morgan fingerprint density at radius 2 is 1.88 bits per heavy atom. The highest BCUT2D eigenvalue weighted by Crippen LogP contribution is 2.21. The minimum Gasteiger partial charge on any atom is -0.481 e. The zero-order valence-corrected chi connectivity index (χ0v) is 14.8. The molecule has 1 aromatic carbocycles. The molecule has 1 aromatic heterocycles. The van der Waals surface area contributed by atoms with Gasteiger partial charge in [0.05, 0.1) is 14.2 Å². The number of aliphatic carboxylic acids is 1. The Balaban J connectivity index is 2.18. The minimum atomic E-state index is -0.851. The van der Waals surface area contributed by atoms with E-state index in [9.17, 15) is 9.59 Å². The second kappa shape index (κ2) is 9.41. The summed E-state index contributed by atoms with van der Waals surface area (Å²) in [5, 5.41) is 12.2. The number of hydrogen-bond acceptors (Lipinski definition) is 6. The molecule has 0 saturated carbocycles. The third kappa shape index (κ3) is 5.47. The van der Waals surface area contributed by atoms with Gasteiger partial charge in [-0.3, -0.25) is 4.79 Å². The van der Waals surface area contributed by atoms with Gasteiger partial charge in [-0.25, -0.2) is 4.79 Å². The van der Waals surface area contributed by atoms with Crippen molar-refractivity contribution in [3.63, 3.8) is 0 Å². The lowest BCUT2D eigenvalue weighted by atomic mass is 10.0. The predicted octanol–water partition coefficient (Wildman–Crippen LogP) is 2.76. The first-order valence-electron chi connectivity index (χ1n) is 8.19. The fourth-order valence-corrected chi connectivity index (χ4v) is 2.57. The summed E-state index contributed by atoms with van der Waals surface area (Å²) in [6.45, 7) is 0. The molecule has 0 saturated heterocycles. The molecule has 7 nitrogen and oxygen atoms in total. The van der Waals surface area contributed by atoms with Crippen molar-refractivity contribution >= 4 is 17.8 Å². The Bertz CT molecular complexity index is 749. The first kappa shape index (κ1) is 19.2. The van der Waals surface area contributed by atoms with E-state index >= 15 is 0 Å². The zero-order chi connectivity index (χ0) is 18.9. The third-order valence-corrected chi connectivity index (χ3v) is 3.84. The van der Waals surface area contributed by atoms with E-state index in [4.69, 9.17) is 14.6 Å². The summed E-state index contributed by atoms with van der Waals surface area (Å²) in [5.41, 5.74) is 1.32. The molecule has 0 aliphatic carbocycles. The van der Waals surface area contributed by atoms with Crippen molar-refractivity contribution in [1.82, 2.24) is 4.98 Å². The number of hydrogen-bond donors (Lipinski definition) is 2. The number of nitrogens with one attached hydrogen (secondary N) is 1. The summed E-state index contributed by atoms with van der Waals surface area (Å²) in [7, 11) is 2.71. The molecule has 2 aromatic rings. The number of carboxylic acids is 1. The second-order valence-electron chi connectivity index (χ2n) is 5.71. The van der Waals surface area contributed by atoms with Crippen molar-refractivity contribution in [3.05, 3.63) is 53.6 Å². The van der Waals surface area contributed by atoms with Gasteiger partial charge in [0.25, 0.3) is 0 Å². The summed E-state index contributed by atoms with van der Waals surface area (Å²) < 4.78 is 9.86. The molecule has 1 atom stereocenters. The lowest BCUT2D eigenvalue weighted by Gasteiger charge is -2.19. The van der Waals surface area contributed by atoms with E-state index in [2.05, 4.69) is 10.3 Å². The Hall–Kier alpha value is -3.09. The van der Waals surface area contributed by atoms with E-state index in [-0.39, 0.29) is 23.9 Å². The van der Waals surface area contributed by atoms with E-state index < -0.39 is 11.9 Å². The van der Waals surface area contributed by atoms with Crippen LogP contribution in [0, 0.1) is 0 Å². The molecule has 0 amide bonds. The number of carbonyl (C=O) groups is 2. The van der Waals surface area contributed by atoms with Gasteiger partial charge in [-0.1, -0.05) is 30.3 Å². The first-order valence-corrected chi connectivity index (χ1v) is 8.19. The molecule has 1 heterocycles. The van der Waals surface area contributed by atoms with Gasteiger partial charge in [0, 0.05) is 12.5 Å². The van der Waals surface area contributed by atoms with Crippen LogP contribution in [0.5, 0.6) is 5.88 Å². The van der Waals surface area contributed by atoms with Crippen LogP contribution in [0.25, 0.3) is 0 Å². The van der Waals surface area contributed by atoms with Crippen molar-refractivity contribution < 1.29 is 24.2 Å². The fraction of sp³-hybridized carbons (Fsp3) is 0.316. The minimum absolute atomic E-state index is 0.0435. The van der Waals surface area contributed by atoms with Crippen LogP contribution in [-0.4, -0.2) is 42.3 Å². The molecule has 138 valence electrons. The van der Waals surface area contributed by atoms with Gasteiger partial charge in [-0.2, -0.15) is 4.98 Å². The molecule has 0 bridgehead atoms. The molecule has 2 N–H and O–H groups in total. The summed E-state index contributed by atoms with van der Waals surface area (Å²) in [5.74, 6) is -0.733. The highest BCUT2D eigenvalue weighted by atomic mass is 16.5. The van der Waals surface area contributed by atoms with Crippen molar-refractivity contribution in [2.24, 2.45) is 0 Å². The summed E-state index contributed by atoms with van der Waals surface area (Å²) in [6.07, 6.45) is 1.13. The molecule has 7 heteroatoms. The average Bonchev–Trinajstić information content (AvgIpc) is 2.66. The molecule has 0 aliphatic rings. The van der Waals surface area contributed by atoms with Crippen LogP contribution >= 0.6 is 0 Å². The normalized spacial score (nSPS) is 11.5. The van der Waals surface area contributed by atoms with Crippen molar-refractivity contribution in [3.8, 4) is 5.88 Å². The molecular formula is C19H22N2O5. The molecular weight excluding hydrogens is 336 g/mol. The van der Waals surface area contributed by atoms with E-state index in [1.54, 1.807) is 12.1 Å². The highest BCUT2D eigenvalue weighted by Gasteiger charge is 2.17. The molecule has 26 heavy (non-hydrogen) atoms. The van der Waals surface area contributed by atoms with E-state index in [0.29, 0.717) is 18.7 Å². The lowest BCUT2D eigenvalue weighted by Crippen LogP contribution is -2.24. The molecule has 0 aliphatic heterocycles. The van der Waals surface area contributed by atoms with Gasteiger partial charge in [0.15, 0.2) is 0 Å². The SMILES string of the molecule is COC(=O)c1ccc(NC(CCC(=O)O)Cc2ccccc2)nc1OC. The fourth-order valence-electron chi connectivity index (χ4n) is 2.57. The van der Waals surface area contributed by atoms with E-state index in [1.165, 1.54) is 14.2 Å². The van der Waals surface area contributed by atoms with Crippen molar-refractivity contribution in [2.45, 2.75) is 25.3 Å². The van der Waals surface area contributed by atoms with Crippen LogP contribution in [-0.2, 0) is 16.0 Å². The molecule has 2 rings (SSSR count). The van der Waals surface area contributed by atoms with E-state index in [0.717, 1.165) is 5.56 Å². The number of nitrogens with zero attached hydrogens (tertiary/aromatic N) is 1. The monoisotopic (exact) mass is 358 g/mol. The summed E-state index contributed by atoms with van der Waals surface area (Å²) in [6, 6.07) is 12.9. The van der Waals surface area contributed by atoms with Crippen LogP contribution in [0.2, 0.25) is 0 Å². The van der Waals surface area contributed by atoms with Crippen LogP contribution in [0.4, 0.5) is 5.82 Å². The summed E-state index contributed by atoms with van der Waals surface area (Å²) in [4.78, 5) is 27.0. The van der Waals surface area contributed by atoms with Crippen LogP contribution in [0.1, 0.15) is 28.8 Å². The molecule has 0 spiro atoms. The van der Waals surface area contributed by atoms with Gasteiger partial charge < -0.3 is 19.9 Å². The van der Waals surface area contributed by atoms with Gasteiger partial charge in [0.1, 0.15) is 11.4 Å². The quantitative estimate of drug-likeness (QED) is 0.665. The number of benzene rings is 1. The van der Waals surface area contributed by atoms with Crippen LogP contribution in [0.15, 0.2) is 42.5 Å². The van der Waals surface area contributed by atoms with Gasteiger partial charge >= 0.3 is 11.9 Å². The summed E-state index contributed by atoms with van der Waals surface area (Å²) >= 11 is 0. The number of anilines is 1. The van der Waals surface area contributed by atoms with Crippen molar-refractivity contribution in [2.75, 3.05) is 19.5 Å². The maximum atomic E-state index is 11.7. The van der Waals surface area contributed by atoms with Gasteiger partial charge in [0.2, 0.25) is 5.88 Å². The topological polar surface area (TPSA) is 97.8 Å². The van der Waals surface area contributed by atoms with Gasteiger partial charge in [-0.05, 0) is 30.5 Å². The second-order valence-corrected chi connectivity index (χ2v) is 5.71. The number of methoxy groups -OCH3 is 2. The van der Waals surface area contributed by atoms with Crippen LogP contribution in [0.3, 0.4) is 0 Å². The molecule has 0 fully saturated rings. The Kier molecular flexibility index (Phi) is 6.96. The predicted molar refractivity (Wildman–Crippen MR) is 96.6 cm³/mol. The number of aromatic nitrogens is 1. The maximum absolute atomic E-state index is 11.7. The van der Waals surface area contributed by atoms with Gasteiger partial charge in [-0.15, -0.1) is 0 Å². The molecule has 0 radical (unpaired) electrons.